The van der Waals surface area contributed by atoms with Gasteiger partial charge in [0.1, 0.15) is 34.7 Å². The Kier molecular flexibility index (Phi) is 9.40. The molecule has 0 aliphatic carbocycles. The standard InChI is InChI=1S/C34H39F2N5O6/c1-4-23-26(35)7-6-20-14-22(46-19-45-3)15-24(28(20)23)30-29(36)31-25(16-37-30)32(41-11-5-10-34(2,44)18-41)39-33(38-31)47-21-8-12-40(13-9-21)17-27(42)43/h6-7,14-16,21,44H,4-5,8-13,17-19H2,1-3H3,(H,42,43)/t34-/m1/s1. The second-order valence-corrected chi connectivity index (χ2v) is 12.5. The Morgan fingerprint density at radius 3 is 2.64 bits per heavy atom. The van der Waals surface area contributed by atoms with Crippen molar-refractivity contribution >= 4 is 33.5 Å². The number of aliphatic hydroxyl groups is 1. The lowest BCUT2D eigenvalue weighted by Gasteiger charge is -2.38. The first kappa shape index (κ1) is 32.7. The van der Waals surface area contributed by atoms with Crippen molar-refractivity contribution in [2.45, 2.75) is 57.7 Å². The van der Waals surface area contributed by atoms with Crippen LogP contribution in [0.25, 0.3) is 32.9 Å². The van der Waals surface area contributed by atoms with Gasteiger partial charge in [0.15, 0.2) is 12.6 Å². The van der Waals surface area contributed by atoms with Gasteiger partial charge in [-0.25, -0.2) is 8.78 Å². The molecule has 13 heteroatoms. The van der Waals surface area contributed by atoms with Crippen molar-refractivity contribution in [1.29, 1.82) is 0 Å². The Labute approximate surface area is 271 Å². The summed E-state index contributed by atoms with van der Waals surface area (Å²) in [5.74, 6) is -1.22. The third kappa shape index (κ3) is 6.92. The quantitative estimate of drug-likeness (QED) is 0.226. The molecule has 2 aromatic heterocycles. The lowest BCUT2D eigenvalue weighted by Crippen LogP contribution is -2.46. The number of likely N-dealkylation sites (tertiary alicyclic amines) is 1. The van der Waals surface area contributed by atoms with E-state index in [0.717, 1.165) is 0 Å². The molecular weight excluding hydrogens is 612 g/mol. The Bertz CT molecular complexity index is 1800. The summed E-state index contributed by atoms with van der Waals surface area (Å²) in [5.41, 5.74) is -0.252. The number of piperidine rings is 2. The van der Waals surface area contributed by atoms with Gasteiger partial charge in [-0.05, 0) is 73.6 Å². The van der Waals surface area contributed by atoms with Crippen LogP contribution in [0, 0.1) is 11.6 Å². The maximum Gasteiger partial charge on any atom is 0.319 e. The van der Waals surface area contributed by atoms with E-state index in [9.17, 15) is 9.90 Å². The zero-order valence-electron chi connectivity index (χ0n) is 26.8. The second kappa shape index (κ2) is 13.5. The SMILES string of the molecule is CCc1c(F)ccc2cc(OCOC)cc(-c3ncc4c(N5CCC[C@@](C)(O)C5)nc(OC5CCN(CC(=O)O)CC5)nc4c3F)c12. The monoisotopic (exact) mass is 651 g/mol. The van der Waals surface area contributed by atoms with Crippen LogP contribution in [0.1, 0.15) is 45.1 Å². The second-order valence-electron chi connectivity index (χ2n) is 12.5. The van der Waals surface area contributed by atoms with Gasteiger partial charge >= 0.3 is 12.0 Å². The molecule has 6 rings (SSSR count). The smallest absolute Gasteiger partial charge is 0.319 e. The first-order valence-corrected chi connectivity index (χ1v) is 15.9. The number of hydrogen-bond donors (Lipinski definition) is 2. The van der Waals surface area contributed by atoms with Crippen molar-refractivity contribution in [2.75, 3.05) is 51.5 Å². The number of ether oxygens (including phenoxy) is 3. The highest BCUT2D eigenvalue weighted by atomic mass is 19.1. The number of carboxylic acids is 1. The lowest BCUT2D eigenvalue weighted by molar-refractivity contribution is -0.138. The van der Waals surface area contributed by atoms with Crippen LogP contribution in [-0.4, -0.2) is 94.4 Å². The van der Waals surface area contributed by atoms with Gasteiger partial charge in [-0.1, -0.05) is 13.0 Å². The predicted molar refractivity (Wildman–Crippen MR) is 172 cm³/mol. The van der Waals surface area contributed by atoms with Gasteiger partial charge in [-0.3, -0.25) is 14.7 Å². The summed E-state index contributed by atoms with van der Waals surface area (Å²) in [6.45, 7) is 5.43. The van der Waals surface area contributed by atoms with E-state index in [0.29, 0.717) is 90.6 Å². The number of methoxy groups -OCH3 is 1. The molecule has 0 bridgehead atoms. The molecule has 0 amide bonds. The number of halogens is 2. The summed E-state index contributed by atoms with van der Waals surface area (Å²) in [6, 6.07) is 6.38. The number of rotatable bonds is 10. The lowest BCUT2D eigenvalue weighted by atomic mass is 9.94. The van der Waals surface area contributed by atoms with Gasteiger partial charge in [0.2, 0.25) is 0 Å². The number of pyridine rings is 1. The molecule has 2 saturated heterocycles. The topological polar surface area (TPSA) is 130 Å². The maximum absolute atomic E-state index is 16.9. The van der Waals surface area contributed by atoms with Gasteiger partial charge in [0.05, 0.1) is 17.5 Å². The van der Waals surface area contributed by atoms with Crippen LogP contribution in [0.3, 0.4) is 0 Å². The minimum Gasteiger partial charge on any atom is -0.480 e. The van der Waals surface area contributed by atoms with E-state index in [1.807, 2.05) is 16.7 Å². The highest BCUT2D eigenvalue weighted by Crippen LogP contribution is 2.40. The molecule has 2 aliphatic heterocycles. The van der Waals surface area contributed by atoms with E-state index < -0.39 is 23.2 Å². The fourth-order valence-electron chi connectivity index (χ4n) is 6.66. The van der Waals surface area contributed by atoms with E-state index >= 15 is 8.78 Å². The van der Waals surface area contributed by atoms with Gasteiger partial charge < -0.3 is 29.3 Å². The molecule has 4 aromatic rings. The first-order chi connectivity index (χ1) is 22.6. The first-order valence-electron chi connectivity index (χ1n) is 15.9. The molecule has 0 radical (unpaired) electrons. The minimum absolute atomic E-state index is 0.0191. The zero-order valence-corrected chi connectivity index (χ0v) is 26.8. The van der Waals surface area contributed by atoms with E-state index in [4.69, 9.17) is 24.3 Å². The Balaban J connectivity index is 1.48. The summed E-state index contributed by atoms with van der Waals surface area (Å²) in [4.78, 5) is 28.7. The Morgan fingerprint density at radius 2 is 1.94 bits per heavy atom. The molecule has 0 unspecified atom stereocenters. The summed E-state index contributed by atoms with van der Waals surface area (Å²) >= 11 is 0. The number of aryl methyl sites for hydroxylation is 1. The number of β-amino-alcohol motifs (C(OH)–C–C–N with tert-alkyl or cyclic N) is 1. The van der Waals surface area contributed by atoms with Crippen LogP contribution in [0.2, 0.25) is 0 Å². The molecule has 2 N–H and O–H groups in total. The van der Waals surface area contributed by atoms with Crippen LogP contribution in [0.15, 0.2) is 30.5 Å². The molecule has 2 fully saturated rings. The van der Waals surface area contributed by atoms with E-state index in [-0.39, 0.29) is 43.2 Å². The van der Waals surface area contributed by atoms with Crippen molar-refractivity contribution in [1.82, 2.24) is 19.9 Å². The van der Waals surface area contributed by atoms with Crippen LogP contribution in [0.5, 0.6) is 11.8 Å². The van der Waals surface area contributed by atoms with Crippen LogP contribution in [0.4, 0.5) is 14.6 Å². The number of carbonyl (C=O) groups is 1. The fraction of sp³-hybridized carbons (Fsp3) is 0.471. The molecule has 1 atom stereocenters. The largest absolute Gasteiger partial charge is 0.480 e. The summed E-state index contributed by atoms with van der Waals surface area (Å²) in [5, 5.41) is 21.6. The van der Waals surface area contributed by atoms with Crippen molar-refractivity contribution in [3.05, 3.63) is 47.7 Å². The summed E-state index contributed by atoms with van der Waals surface area (Å²) in [7, 11) is 1.50. The summed E-state index contributed by atoms with van der Waals surface area (Å²) < 4.78 is 49.1. The van der Waals surface area contributed by atoms with Crippen molar-refractivity contribution in [2.24, 2.45) is 0 Å². The molecule has 47 heavy (non-hydrogen) atoms. The number of aliphatic carboxylic acids is 1. The number of hydrogen-bond acceptors (Lipinski definition) is 10. The third-order valence-electron chi connectivity index (χ3n) is 8.88. The van der Waals surface area contributed by atoms with E-state index in [1.165, 1.54) is 19.4 Å². The number of fused-ring (bicyclic) bond motifs is 2. The minimum atomic E-state index is -0.971. The number of carboxylic acid groups (broad SMARTS) is 1. The Hall–Kier alpha value is -4.20. The average molecular weight is 652 g/mol. The molecule has 4 heterocycles. The normalized spacial score (nSPS) is 19.4. The van der Waals surface area contributed by atoms with Gasteiger partial charge in [-0.2, -0.15) is 9.97 Å². The van der Waals surface area contributed by atoms with Crippen LogP contribution >= 0.6 is 0 Å². The van der Waals surface area contributed by atoms with Crippen molar-refractivity contribution < 1.29 is 38.0 Å². The number of aromatic nitrogens is 3. The molecule has 2 aliphatic rings. The third-order valence-corrected chi connectivity index (χ3v) is 8.88. The van der Waals surface area contributed by atoms with E-state index in [2.05, 4.69) is 9.97 Å². The number of benzene rings is 2. The van der Waals surface area contributed by atoms with Crippen LogP contribution < -0.4 is 14.4 Å². The fourth-order valence-corrected chi connectivity index (χ4v) is 6.66. The highest BCUT2D eigenvalue weighted by Gasteiger charge is 2.32. The number of nitrogens with zero attached hydrogens (tertiary/aromatic N) is 5. The molecular formula is C34H39F2N5O6. The van der Waals surface area contributed by atoms with E-state index in [1.54, 1.807) is 25.1 Å². The molecule has 250 valence electrons. The van der Waals surface area contributed by atoms with Crippen molar-refractivity contribution in [3.8, 4) is 23.0 Å². The Morgan fingerprint density at radius 1 is 1.15 bits per heavy atom. The van der Waals surface area contributed by atoms with Crippen LogP contribution in [-0.2, 0) is 16.0 Å². The maximum atomic E-state index is 16.9. The molecule has 0 spiro atoms. The highest BCUT2D eigenvalue weighted by molar-refractivity contribution is 6.01. The predicted octanol–water partition coefficient (Wildman–Crippen LogP) is 4.95. The van der Waals surface area contributed by atoms with Gasteiger partial charge in [0.25, 0.3) is 0 Å². The zero-order chi connectivity index (χ0) is 33.3. The van der Waals surface area contributed by atoms with Gasteiger partial charge in [0, 0.05) is 45.0 Å². The number of anilines is 1. The average Bonchev–Trinajstić information content (AvgIpc) is 3.04. The molecule has 2 aromatic carbocycles. The molecule has 11 nitrogen and oxygen atoms in total. The molecule has 0 saturated carbocycles. The van der Waals surface area contributed by atoms with Gasteiger partial charge in [-0.15, -0.1) is 0 Å². The van der Waals surface area contributed by atoms with Crippen molar-refractivity contribution in [3.63, 3.8) is 0 Å². The summed E-state index contributed by atoms with van der Waals surface area (Å²) in [6.07, 6.45) is 4.01.